The Hall–Kier alpha value is -1.68. The first kappa shape index (κ1) is 11.8. The molecule has 0 aliphatic rings. The maximum atomic E-state index is 11.3. The SMILES string of the molecule is CCc1ccc(-c2csc(C(=O)OC)n2)cc1. The van der Waals surface area contributed by atoms with Crippen molar-refractivity contribution < 1.29 is 9.53 Å². The Bertz CT molecular complexity index is 516. The van der Waals surface area contributed by atoms with Crippen LogP contribution in [0.3, 0.4) is 0 Å². The smallest absolute Gasteiger partial charge is 0.367 e. The number of ether oxygens (including phenoxy) is 1. The molecular formula is C13H13NO2S. The highest BCUT2D eigenvalue weighted by Crippen LogP contribution is 2.22. The molecule has 0 bridgehead atoms. The van der Waals surface area contributed by atoms with Crippen LogP contribution < -0.4 is 0 Å². The Kier molecular flexibility index (Phi) is 3.54. The van der Waals surface area contributed by atoms with Gasteiger partial charge >= 0.3 is 5.97 Å². The molecule has 1 heterocycles. The van der Waals surface area contributed by atoms with E-state index in [0.29, 0.717) is 5.01 Å². The number of thiazole rings is 1. The topological polar surface area (TPSA) is 39.2 Å². The van der Waals surface area contributed by atoms with E-state index in [1.54, 1.807) is 0 Å². The van der Waals surface area contributed by atoms with Crippen molar-refractivity contribution in [2.24, 2.45) is 0 Å². The van der Waals surface area contributed by atoms with Crippen molar-refractivity contribution in [2.45, 2.75) is 13.3 Å². The van der Waals surface area contributed by atoms with Gasteiger partial charge in [0, 0.05) is 10.9 Å². The summed E-state index contributed by atoms with van der Waals surface area (Å²) in [5, 5.41) is 2.26. The minimum Gasteiger partial charge on any atom is -0.464 e. The van der Waals surface area contributed by atoms with Gasteiger partial charge in [-0.1, -0.05) is 31.2 Å². The van der Waals surface area contributed by atoms with Crippen molar-refractivity contribution in [2.75, 3.05) is 7.11 Å². The number of rotatable bonds is 3. The number of methoxy groups -OCH3 is 1. The summed E-state index contributed by atoms with van der Waals surface area (Å²) in [5.74, 6) is -0.383. The van der Waals surface area contributed by atoms with Crippen LogP contribution in [0.2, 0.25) is 0 Å². The summed E-state index contributed by atoms with van der Waals surface area (Å²) < 4.78 is 4.63. The monoisotopic (exact) mass is 247 g/mol. The van der Waals surface area contributed by atoms with E-state index >= 15 is 0 Å². The number of hydrogen-bond acceptors (Lipinski definition) is 4. The molecule has 0 spiro atoms. The van der Waals surface area contributed by atoms with Crippen molar-refractivity contribution in [3.63, 3.8) is 0 Å². The van der Waals surface area contributed by atoms with Gasteiger partial charge in [-0.05, 0) is 12.0 Å². The molecule has 0 radical (unpaired) electrons. The van der Waals surface area contributed by atoms with Crippen LogP contribution in [0.25, 0.3) is 11.3 Å². The van der Waals surface area contributed by atoms with Gasteiger partial charge in [-0.3, -0.25) is 0 Å². The second-order valence-electron chi connectivity index (χ2n) is 3.58. The number of hydrogen-bond donors (Lipinski definition) is 0. The highest BCUT2D eigenvalue weighted by molar-refractivity contribution is 7.11. The zero-order valence-electron chi connectivity index (χ0n) is 9.77. The molecule has 2 rings (SSSR count). The normalized spacial score (nSPS) is 10.2. The van der Waals surface area contributed by atoms with Crippen LogP contribution in [0.1, 0.15) is 22.3 Å². The molecule has 17 heavy (non-hydrogen) atoms. The first-order chi connectivity index (χ1) is 8.24. The van der Waals surface area contributed by atoms with Crippen LogP contribution in [0.15, 0.2) is 29.6 Å². The van der Waals surface area contributed by atoms with E-state index < -0.39 is 0 Å². The van der Waals surface area contributed by atoms with Gasteiger partial charge in [-0.25, -0.2) is 9.78 Å². The summed E-state index contributed by atoms with van der Waals surface area (Å²) in [7, 11) is 1.36. The molecular weight excluding hydrogens is 234 g/mol. The maximum absolute atomic E-state index is 11.3. The fourth-order valence-electron chi connectivity index (χ4n) is 1.50. The lowest BCUT2D eigenvalue weighted by Crippen LogP contribution is -1.99. The quantitative estimate of drug-likeness (QED) is 0.782. The fourth-order valence-corrected chi connectivity index (χ4v) is 2.24. The Morgan fingerprint density at radius 3 is 2.65 bits per heavy atom. The van der Waals surface area contributed by atoms with Crippen LogP contribution in [0, 0.1) is 0 Å². The van der Waals surface area contributed by atoms with Crippen molar-refractivity contribution in [1.29, 1.82) is 0 Å². The summed E-state index contributed by atoms with van der Waals surface area (Å²) in [5.41, 5.74) is 3.13. The van der Waals surface area contributed by atoms with Crippen LogP contribution in [-0.2, 0) is 11.2 Å². The lowest BCUT2D eigenvalue weighted by atomic mass is 10.1. The van der Waals surface area contributed by atoms with Crippen molar-refractivity contribution in [3.05, 3.63) is 40.2 Å². The van der Waals surface area contributed by atoms with Crippen LogP contribution in [0.5, 0.6) is 0 Å². The maximum Gasteiger partial charge on any atom is 0.367 e. The van der Waals surface area contributed by atoms with Gasteiger partial charge in [0.25, 0.3) is 0 Å². The zero-order valence-corrected chi connectivity index (χ0v) is 10.6. The number of aromatic nitrogens is 1. The highest BCUT2D eigenvalue weighted by atomic mass is 32.1. The van der Waals surface area contributed by atoms with Gasteiger partial charge < -0.3 is 4.74 Å². The minimum absolute atomic E-state index is 0.383. The summed E-state index contributed by atoms with van der Waals surface area (Å²) in [6, 6.07) is 8.20. The first-order valence-electron chi connectivity index (χ1n) is 5.37. The minimum atomic E-state index is -0.383. The van der Waals surface area contributed by atoms with E-state index in [0.717, 1.165) is 17.7 Å². The Labute approximate surface area is 104 Å². The lowest BCUT2D eigenvalue weighted by molar-refractivity contribution is 0.0600. The lowest BCUT2D eigenvalue weighted by Gasteiger charge is -1.99. The molecule has 0 saturated carbocycles. The molecule has 0 aliphatic carbocycles. The fraction of sp³-hybridized carbons (Fsp3) is 0.231. The predicted molar refractivity (Wildman–Crippen MR) is 68.3 cm³/mol. The van der Waals surface area contributed by atoms with E-state index in [1.807, 2.05) is 17.5 Å². The summed E-state index contributed by atoms with van der Waals surface area (Å²) in [6.45, 7) is 2.12. The summed E-state index contributed by atoms with van der Waals surface area (Å²) in [6.07, 6.45) is 1.02. The van der Waals surface area contributed by atoms with Gasteiger partial charge in [0.15, 0.2) is 0 Å². The summed E-state index contributed by atoms with van der Waals surface area (Å²) in [4.78, 5) is 15.5. The van der Waals surface area contributed by atoms with Crippen molar-refractivity contribution in [3.8, 4) is 11.3 Å². The molecule has 0 aliphatic heterocycles. The average molecular weight is 247 g/mol. The van der Waals surface area contributed by atoms with Gasteiger partial charge in [0.2, 0.25) is 5.01 Å². The first-order valence-corrected chi connectivity index (χ1v) is 6.25. The molecule has 1 aromatic heterocycles. The largest absolute Gasteiger partial charge is 0.464 e. The summed E-state index contributed by atoms with van der Waals surface area (Å²) >= 11 is 1.30. The molecule has 0 N–H and O–H groups in total. The highest BCUT2D eigenvalue weighted by Gasteiger charge is 2.11. The predicted octanol–water partition coefficient (Wildman–Crippen LogP) is 3.16. The molecule has 3 nitrogen and oxygen atoms in total. The third-order valence-electron chi connectivity index (χ3n) is 2.52. The second kappa shape index (κ2) is 5.10. The number of nitrogens with zero attached hydrogens (tertiary/aromatic N) is 1. The van der Waals surface area contributed by atoms with Crippen molar-refractivity contribution >= 4 is 17.3 Å². The standard InChI is InChI=1S/C13H13NO2S/c1-3-9-4-6-10(7-5-9)11-8-17-12(14-11)13(15)16-2/h4-8H,3H2,1-2H3. The molecule has 0 saturated heterocycles. The molecule has 0 fully saturated rings. The van der Waals surface area contributed by atoms with Gasteiger partial charge in [0.1, 0.15) is 0 Å². The van der Waals surface area contributed by atoms with E-state index in [4.69, 9.17) is 0 Å². The van der Waals surface area contributed by atoms with Gasteiger partial charge in [0.05, 0.1) is 12.8 Å². The molecule has 0 atom stereocenters. The van der Waals surface area contributed by atoms with Crippen LogP contribution >= 0.6 is 11.3 Å². The zero-order chi connectivity index (χ0) is 12.3. The van der Waals surface area contributed by atoms with Gasteiger partial charge in [-0.15, -0.1) is 11.3 Å². The third-order valence-corrected chi connectivity index (χ3v) is 3.34. The number of esters is 1. The number of carbonyl (C=O) groups excluding carboxylic acids is 1. The molecule has 88 valence electrons. The second-order valence-corrected chi connectivity index (χ2v) is 4.44. The number of benzene rings is 1. The van der Waals surface area contributed by atoms with E-state index in [1.165, 1.54) is 24.0 Å². The van der Waals surface area contributed by atoms with E-state index in [2.05, 4.69) is 28.8 Å². The Morgan fingerprint density at radius 1 is 1.35 bits per heavy atom. The Balaban J connectivity index is 2.27. The molecule has 4 heteroatoms. The average Bonchev–Trinajstić information content (AvgIpc) is 2.87. The van der Waals surface area contributed by atoms with E-state index in [-0.39, 0.29) is 5.97 Å². The number of carbonyl (C=O) groups is 1. The third kappa shape index (κ3) is 2.53. The number of aryl methyl sites for hydroxylation is 1. The molecule has 0 unspecified atom stereocenters. The van der Waals surface area contributed by atoms with Crippen LogP contribution in [0.4, 0.5) is 0 Å². The molecule has 0 amide bonds. The van der Waals surface area contributed by atoms with E-state index in [9.17, 15) is 4.79 Å². The van der Waals surface area contributed by atoms with Gasteiger partial charge in [-0.2, -0.15) is 0 Å². The molecule has 1 aromatic carbocycles. The Morgan fingerprint density at radius 2 is 2.06 bits per heavy atom. The van der Waals surface area contributed by atoms with Crippen LogP contribution in [-0.4, -0.2) is 18.1 Å². The van der Waals surface area contributed by atoms with Crippen molar-refractivity contribution in [1.82, 2.24) is 4.98 Å². The molecule has 2 aromatic rings.